The summed E-state index contributed by atoms with van der Waals surface area (Å²) in [7, 11) is -3.29. The van der Waals surface area contributed by atoms with Crippen LogP contribution in [-0.2, 0) is 14.8 Å². The number of hydrogen-bond acceptors (Lipinski definition) is 4. The van der Waals surface area contributed by atoms with Gasteiger partial charge >= 0.3 is 0 Å². The van der Waals surface area contributed by atoms with Gasteiger partial charge in [0, 0.05) is 12.1 Å². The van der Waals surface area contributed by atoms with Gasteiger partial charge in [0.25, 0.3) is 0 Å². The van der Waals surface area contributed by atoms with E-state index in [4.69, 9.17) is 0 Å². The summed E-state index contributed by atoms with van der Waals surface area (Å²) in [4.78, 5) is 11.9. The second-order valence-electron chi connectivity index (χ2n) is 5.60. The lowest BCUT2D eigenvalue weighted by molar-refractivity contribution is -0.126. The van der Waals surface area contributed by atoms with Gasteiger partial charge < -0.3 is 10.6 Å². The summed E-state index contributed by atoms with van der Waals surface area (Å²) in [6.45, 7) is 9.83. The SMILES string of the molecule is CCNC(C)(C)C(=O)NCC(C)(C)NS(C)(=O)=O. The Hall–Kier alpha value is -0.660. The van der Waals surface area contributed by atoms with Crippen LogP contribution in [0.4, 0.5) is 0 Å². The zero-order valence-electron chi connectivity index (χ0n) is 12.0. The summed E-state index contributed by atoms with van der Waals surface area (Å²) < 4.78 is 24.8. The minimum Gasteiger partial charge on any atom is -0.353 e. The van der Waals surface area contributed by atoms with Gasteiger partial charge in [-0.1, -0.05) is 6.92 Å². The molecule has 7 heteroatoms. The van der Waals surface area contributed by atoms with Gasteiger partial charge in [-0.25, -0.2) is 13.1 Å². The van der Waals surface area contributed by atoms with Crippen LogP contribution in [0.2, 0.25) is 0 Å². The number of nitrogens with one attached hydrogen (secondary N) is 3. The minimum absolute atomic E-state index is 0.160. The number of sulfonamides is 1. The van der Waals surface area contributed by atoms with Gasteiger partial charge in [-0.2, -0.15) is 0 Å². The average molecular weight is 279 g/mol. The van der Waals surface area contributed by atoms with E-state index in [0.717, 1.165) is 6.26 Å². The zero-order valence-corrected chi connectivity index (χ0v) is 12.9. The Kier molecular flexibility index (Phi) is 5.77. The zero-order chi connectivity index (χ0) is 14.6. The van der Waals surface area contributed by atoms with E-state index >= 15 is 0 Å². The van der Waals surface area contributed by atoms with Crippen molar-refractivity contribution in [2.24, 2.45) is 0 Å². The molecular weight excluding hydrogens is 254 g/mol. The maximum Gasteiger partial charge on any atom is 0.239 e. The molecule has 0 saturated carbocycles. The first-order valence-electron chi connectivity index (χ1n) is 5.92. The van der Waals surface area contributed by atoms with Gasteiger partial charge in [0.1, 0.15) is 0 Å². The quantitative estimate of drug-likeness (QED) is 0.603. The van der Waals surface area contributed by atoms with Crippen LogP contribution in [0, 0.1) is 0 Å². The second-order valence-corrected chi connectivity index (χ2v) is 7.34. The number of carbonyl (C=O) groups excluding carboxylic acids is 1. The van der Waals surface area contributed by atoms with E-state index in [2.05, 4.69) is 15.4 Å². The Labute approximate surface area is 110 Å². The van der Waals surface area contributed by atoms with Crippen LogP contribution in [-0.4, -0.2) is 44.7 Å². The molecule has 0 bridgehead atoms. The Morgan fingerprint density at radius 1 is 1.17 bits per heavy atom. The molecule has 108 valence electrons. The lowest BCUT2D eigenvalue weighted by Crippen LogP contribution is -2.57. The average Bonchev–Trinajstić information content (AvgIpc) is 2.10. The topological polar surface area (TPSA) is 87.3 Å². The first-order chi connectivity index (χ1) is 7.90. The molecule has 0 aliphatic heterocycles. The van der Waals surface area contributed by atoms with Crippen molar-refractivity contribution in [2.45, 2.75) is 45.7 Å². The first kappa shape index (κ1) is 17.3. The summed E-state index contributed by atoms with van der Waals surface area (Å²) >= 11 is 0. The van der Waals surface area contributed by atoms with E-state index in [0.29, 0.717) is 6.54 Å². The summed E-state index contributed by atoms with van der Waals surface area (Å²) in [6, 6.07) is 0. The van der Waals surface area contributed by atoms with E-state index < -0.39 is 21.1 Å². The van der Waals surface area contributed by atoms with Crippen LogP contribution in [0.15, 0.2) is 0 Å². The molecule has 0 spiro atoms. The third-order valence-corrected chi connectivity index (χ3v) is 3.26. The van der Waals surface area contributed by atoms with Crippen LogP contribution in [0.3, 0.4) is 0 Å². The van der Waals surface area contributed by atoms with Crippen molar-refractivity contribution in [3.63, 3.8) is 0 Å². The predicted molar refractivity (Wildman–Crippen MR) is 72.8 cm³/mol. The maximum absolute atomic E-state index is 11.9. The standard InChI is InChI=1S/C11H25N3O3S/c1-7-13-11(4,5)9(15)12-8-10(2,3)14-18(6,16)17/h13-14H,7-8H2,1-6H3,(H,12,15). The Balaban J connectivity index is 4.45. The summed E-state index contributed by atoms with van der Waals surface area (Å²) in [5.74, 6) is -0.160. The second kappa shape index (κ2) is 5.99. The third kappa shape index (κ3) is 6.93. The highest BCUT2D eigenvalue weighted by Gasteiger charge is 2.29. The smallest absolute Gasteiger partial charge is 0.239 e. The molecule has 0 aromatic carbocycles. The Bertz CT molecular complexity index is 388. The fraction of sp³-hybridized carbons (Fsp3) is 0.909. The molecule has 0 fully saturated rings. The number of likely N-dealkylation sites (N-methyl/N-ethyl adjacent to an activating group) is 1. The van der Waals surface area contributed by atoms with Crippen molar-refractivity contribution in [1.82, 2.24) is 15.4 Å². The van der Waals surface area contributed by atoms with Crippen molar-refractivity contribution in [2.75, 3.05) is 19.3 Å². The van der Waals surface area contributed by atoms with Gasteiger partial charge in [0.2, 0.25) is 15.9 Å². The molecule has 6 nitrogen and oxygen atoms in total. The lowest BCUT2D eigenvalue weighted by atomic mass is 10.0. The summed E-state index contributed by atoms with van der Waals surface area (Å²) in [5.41, 5.74) is -1.39. The Morgan fingerprint density at radius 2 is 1.67 bits per heavy atom. The highest BCUT2D eigenvalue weighted by Crippen LogP contribution is 2.05. The molecule has 1 amide bonds. The van der Waals surface area contributed by atoms with E-state index in [-0.39, 0.29) is 12.5 Å². The van der Waals surface area contributed by atoms with Crippen LogP contribution in [0.5, 0.6) is 0 Å². The molecule has 18 heavy (non-hydrogen) atoms. The summed E-state index contributed by atoms with van der Waals surface area (Å²) in [6.07, 6.45) is 1.10. The molecule has 0 atom stereocenters. The van der Waals surface area contributed by atoms with Crippen LogP contribution in [0.25, 0.3) is 0 Å². The van der Waals surface area contributed by atoms with Gasteiger partial charge in [-0.15, -0.1) is 0 Å². The van der Waals surface area contributed by atoms with Gasteiger partial charge in [0.15, 0.2) is 0 Å². The maximum atomic E-state index is 11.9. The van der Waals surface area contributed by atoms with E-state index in [1.54, 1.807) is 27.7 Å². The first-order valence-corrected chi connectivity index (χ1v) is 7.81. The number of rotatable bonds is 7. The van der Waals surface area contributed by atoms with Crippen LogP contribution >= 0.6 is 0 Å². The van der Waals surface area contributed by atoms with Gasteiger partial charge in [-0.05, 0) is 34.2 Å². The van der Waals surface area contributed by atoms with Crippen molar-refractivity contribution in [3.8, 4) is 0 Å². The van der Waals surface area contributed by atoms with Gasteiger partial charge in [0.05, 0.1) is 11.8 Å². The predicted octanol–water partition coefficient (Wildman–Crippen LogP) is -0.181. The van der Waals surface area contributed by atoms with Crippen molar-refractivity contribution in [1.29, 1.82) is 0 Å². The van der Waals surface area contributed by atoms with E-state index in [1.807, 2.05) is 6.92 Å². The molecule has 0 aromatic rings. The lowest BCUT2D eigenvalue weighted by Gasteiger charge is -2.29. The highest BCUT2D eigenvalue weighted by molar-refractivity contribution is 7.88. The molecule has 3 N–H and O–H groups in total. The monoisotopic (exact) mass is 279 g/mol. The van der Waals surface area contributed by atoms with Crippen molar-refractivity contribution in [3.05, 3.63) is 0 Å². The number of carbonyl (C=O) groups is 1. The third-order valence-electron chi connectivity index (χ3n) is 2.34. The Morgan fingerprint density at radius 3 is 2.06 bits per heavy atom. The molecule has 0 radical (unpaired) electrons. The van der Waals surface area contributed by atoms with Crippen molar-refractivity contribution >= 4 is 15.9 Å². The molecule has 0 aliphatic carbocycles. The van der Waals surface area contributed by atoms with Crippen LogP contribution < -0.4 is 15.4 Å². The number of hydrogen-bond donors (Lipinski definition) is 3. The highest BCUT2D eigenvalue weighted by atomic mass is 32.2. The molecule has 0 rings (SSSR count). The normalized spacial score (nSPS) is 13.4. The summed E-state index contributed by atoms with van der Waals surface area (Å²) in [5, 5.41) is 5.80. The van der Waals surface area contributed by atoms with E-state index in [1.165, 1.54) is 0 Å². The van der Waals surface area contributed by atoms with Gasteiger partial charge in [-0.3, -0.25) is 4.79 Å². The minimum atomic E-state index is -3.29. The fourth-order valence-electron chi connectivity index (χ4n) is 1.58. The van der Waals surface area contributed by atoms with Crippen molar-refractivity contribution < 1.29 is 13.2 Å². The fourth-order valence-corrected chi connectivity index (χ4v) is 2.66. The molecular formula is C11H25N3O3S. The molecule has 0 aromatic heterocycles. The molecule has 0 aliphatic rings. The number of amides is 1. The molecule has 0 unspecified atom stereocenters. The molecule has 0 heterocycles. The molecule has 0 saturated heterocycles. The van der Waals surface area contributed by atoms with E-state index in [9.17, 15) is 13.2 Å². The van der Waals surface area contributed by atoms with Crippen LogP contribution in [0.1, 0.15) is 34.6 Å². The largest absolute Gasteiger partial charge is 0.353 e.